The zero-order valence-corrected chi connectivity index (χ0v) is 14.7. The standard InChI is InChI=1S/C21H18FNO4/c1-11-15-6-5-14(24)9-19(15)27-21(26)16(11)10-20(25)23-18-7-4-13(22)8-17(18)12-2-3-12/h4-9,12,24H,2-3,10H2,1H3,(H,23,25). The second-order valence-electron chi connectivity index (χ2n) is 6.90. The molecule has 27 heavy (non-hydrogen) atoms. The van der Waals surface area contributed by atoms with Gasteiger partial charge >= 0.3 is 5.63 Å². The van der Waals surface area contributed by atoms with Gasteiger partial charge in [-0.3, -0.25) is 4.79 Å². The van der Waals surface area contributed by atoms with Crippen LogP contribution in [0, 0.1) is 12.7 Å². The Hall–Kier alpha value is -3.15. The van der Waals surface area contributed by atoms with E-state index in [0.29, 0.717) is 16.6 Å². The van der Waals surface area contributed by atoms with Crippen molar-refractivity contribution in [1.29, 1.82) is 0 Å². The number of hydrogen-bond donors (Lipinski definition) is 2. The van der Waals surface area contributed by atoms with E-state index in [2.05, 4.69) is 5.32 Å². The van der Waals surface area contributed by atoms with Crippen molar-refractivity contribution in [2.45, 2.75) is 32.1 Å². The number of carbonyl (C=O) groups is 1. The molecule has 0 saturated heterocycles. The Labute approximate surface area is 154 Å². The van der Waals surface area contributed by atoms with Crippen LogP contribution >= 0.6 is 0 Å². The summed E-state index contributed by atoms with van der Waals surface area (Å²) in [4.78, 5) is 24.8. The minimum absolute atomic E-state index is 0.000502. The van der Waals surface area contributed by atoms with Crippen LogP contribution in [0.25, 0.3) is 11.0 Å². The molecule has 6 heteroatoms. The highest BCUT2D eigenvalue weighted by molar-refractivity contribution is 5.94. The van der Waals surface area contributed by atoms with Crippen molar-refractivity contribution in [2.75, 3.05) is 5.32 Å². The number of hydrogen-bond acceptors (Lipinski definition) is 4. The number of nitrogens with one attached hydrogen (secondary N) is 1. The molecule has 1 aliphatic carbocycles. The first kappa shape index (κ1) is 17.3. The molecular weight excluding hydrogens is 349 g/mol. The summed E-state index contributed by atoms with van der Waals surface area (Å²) in [6.45, 7) is 1.74. The third-order valence-electron chi connectivity index (χ3n) is 4.91. The van der Waals surface area contributed by atoms with Crippen LogP contribution in [0.5, 0.6) is 5.75 Å². The van der Waals surface area contributed by atoms with Crippen LogP contribution in [0.1, 0.15) is 35.4 Å². The van der Waals surface area contributed by atoms with Crippen LogP contribution in [0.2, 0.25) is 0 Å². The highest BCUT2D eigenvalue weighted by Gasteiger charge is 2.27. The lowest BCUT2D eigenvalue weighted by Crippen LogP contribution is -2.21. The molecule has 5 nitrogen and oxygen atoms in total. The molecule has 138 valence electrons. The largest absolute Gasteiger partial charge is 0.508 e. The van der Waals surface area contributed by atoms with E-state index in [0.717, 1.165) is 18.4 Å². The van der Waals surface area contributed by atoms with Crippen molar-refractivity contribution < 1.29 is 18.7 Å². The van der Waals surface area contributed by atoms with Crippen molar-refractivity contribution in [3.63, 3.8) is 0 Å². The van der Waals surface area contributed by atoms with Crippen LogP contribution in [0.15, 0.2) is 45.6 Å². The summed E-state index contributed by atoms with van der Waals surface area (Å²) < 4.78 is 18.8. The van der Waals surface area contributed by atoms with Gasteiger partial charge in [0.2, 0.25) is 5.91 Å². The third kappa shape index (κ3) is 3.43. The molecule has 1 heterocycles. The van der Waals surface area contributed by atoms with Crippen molar-refractivity contribution in [3.8, 4) is 5.75 Å². The molecule has 3 aromatic rings. The number of phenols is 1. The first-order chi connectivity index (χ1) is 12.9. The molecule has 2 aromatic carbocycles. The summed E-state index contributed by atoms with van der Waals surface area (Å²) in [5.41, 5.74) is 1.94. The Morgan fingerprint density at radius 2 is 2.04 bits per heavy atom. The summed E-state index contributed by atoms with van der Waals surface area (Å²) in [7, 11) is 0. The van der Waals surface area contributed by atoms with Crippen LogP contribution in [0.3, 0.4) is 0 Å². The summed E-state index contributed by atoms with van der Waals surface area (Å²) in [5.74, 6) is -0.420. The molecule has 1 aliphatic rings. The molecule has 4 rings (SSSR count). The van der Waals surface area contributed by atoms with Crippen molar-refractivity contribution in [2.24, 2.45) is 0 Å². The van der Waals surface area contributed by atoms with Gasteiger partial charge in [-0.15, -0.1) is 0 Å². The van der Waals surface area contributed by atoms with Crippen molar-refractivity contribution in [1.82, 2.24) is 0 Å². The molecule has 0 aliphatic heterocycles. The van der Waals surface area contributed by atoms with E-state index >= 15 is 0 Å². The van der Waals surface area contributed by atoms with E-state index in [1.807, 2.05) is 0 Å². The van der Waals surface area contributed by atoms with E-state index in [1.165, 1.54) is 24.3 Å². The Bertz CT molecular complexity index is 1120. The van der Waals surface area contributed by atoms with E-state index in [1.54, 1.807) is 19.1 Å². The molecule has 0 radical (unpaired) electrons. The Morgan fingerprint density at radius 3 is 2.78 bits per heavy atom. The lowest BCUT2D eigenvalue weighted by atomic mass is 10.0. The molecule has 1 saturated carbocycles. The van der Waals surface area contributed by atoms with E-state index in [9.17, 15) is 19.1 Å². The minimum atomic E-state index is -0.609. The zero-order valence-electron chi connectivity index (χ0n) is 14.7. The predicted molar refractivity (Wildman–Crippen MR) is 99.6 cm³/mol. The van der Waals surface area contributed by atoms with Crippen LogP contribution in [-0.2, 0) is 11.2 Å². The van der Waals surface area contributed by atoms with Gasteiger partial charge < -0.3 is 14.8 Å². The maximum absolute atomic E-state index is 13.5. The fraction of sp³-hybridized carbons (Fsp3) is 0.238. The van der Waals surface area contributed by atoms with Gasteiger partial charge in [-0.2, -0.15) is 0 Å². The zero-order chi connectivity index (χ0) is 19.1. The van der Waals surface area contributed by atoms with Crippen LogP contribution in [-0.4, -0.2) is 11.0 Å². The van der Waals surface area contributed by atoms with Gasteiger partial charge in [0.25, 0.3) is 0 Å². The molecule has 1 amide bonds. The highest BCUT2D eigenvalue weighted by atomic mass is 19.1. The number of rotatable bonds is 4. The Balaban J connectivity index is 1.62. The number of carbonyl (C=O) groups excluding carboxylic acids is 1. The smallest absolute Gasteiger partial charge is 0.340 e. The summed E-state index contributed by atoms with van der Waals surface area (Å²) in [5, 5.41) is 13.0. The number of benzene rings is 2. The van der Waals surface area contributed by atoms with E-state index in [4.69, 9.17) is 4.42 Å². The van der Waals surface area contributed by atoms with Gasteiger partial charge in [0.1, 0.15) is 17.1 Å². The third-order valence-corrected chi connectivity index (χ3v) is 4.91. The molecule has 2 N–H and O–H groups in total. The summed E-state index contributed by atoms with van der Waals surface area (Å²) >= 11 is 0. The predicted octanol–water partition coefficient (Wildman–Crippen LogP) is 4.00. The topological polar surface area (TPSA) is 79.5 Å². The number of amides is 1. The van der Waals surface area contributed by atoms with Gasteiger partial charge in [-0.25, -0.2) is 9.18 Å². The maximum atomic E-state index is 13.5. The number of anilines is 1. The SMILES string of the molecule is Cc1c(CC(=O)Nc2ccc(F)cc2C2CC2)c(=O)oc2cc(O)ccc12. The summed E-state index contributed by atoms with van der Waals surface area (Å²) in [6.07, 6.45) is 1.81. The number of aryl methyl sites for hydroxylation is 1. The highest BCUT2D eigenvalue weighted by Crippen LogP contribution is 2.43. The Kier molecular flexibility index (Phi) is 4.18. The molecule has 1 fully saturated rings. The van der Waals surface area contributed by atoms with E-state index < -0.39 is 5.63 Å². The number of aromatic hydroxyl groups is 1. The molecule has 0 unspecified atom stereocenters. The number of halogens is 1. The molecule has 1 aromatic heterocycles. The van der Waals surface area contributed by atoms with Gasteiger partial charge in [0, 0.05) is 17.1 Å². The van der Waals surface area contributed by atoms with Crippen molar-refractivity contribution in [3.05, 3.63) is 69.3 Å². The normalized spacial score (nSPS) is 13.7. The average molecular weight is 367 g/mol. The fourth-order valence-electron chi connectivity index (χ4n) is 3.32. The average Bonchev–Trinajstić information content (AvgIpc) is 3.45. The maximum Gasteiger partial charge on any atom is 0.340 e. The molecule has 0 spiro atoms. The molecule has 0 atom stereocenters. The number of phenolic OH excluding ortho intramolecular Hbond substituents is 1. The second-order valence-corrected chi connectivity index (χ2v) is 6.90. The molecular formula is C21H18FNO4. The quantitative estimate of drug-likeness (QED) is 0.683. The van der Waals surface area contributed by atoms with Gasteiger partial charge in [-0.05, 0) is 67.1 Å². The molecule has 0 bridgehead atoms. The fourth-order valence-corrected chi connectivity index (χ4v) is 3.32. The number of fused-ring (bicyclic) bond motifs is 1. The lowest BCUT2D eigenvalue weighted by Gasteiger charge is -2.12. The second kappa shape index (κ2) is 6.54. The van der Waals surface area contributed by atoms with Gasteiger partial charge in [0.05, 0.1) is 12.0 Å². The minimum Gasteiger partial charge on any atom is -0.508 e. The Morgan fingerprint density at radius 1 is 1.26 bits per heavy atom. The first-order valence-electron chi connectivity index (χ1n) is 8.77. The monoisotopic (exact) mass is 367 g/mol. The lowest BCUT2D eigenvalue weighted by molar-refractivity contribution is -0.115. The van der Waals surface area contributed by atoms with Crippen LogP contribution < -0.4 is 10.9 Å². The van der Waals surface area contributed by atoms with E-state index in [-0.39, 0.29) is 41.0 Å². The van der Waals surface area contributed by atoms with Gasteiger partial charge in [-0.1, -0.05) is 0 Å². The summed E-state index contributed by atoms with van der Waals surface area (Å²) in [6, 6.07) is 8.83. The van der Waals surface area contributed by atoms with Crippen molar-refractivity contribution >= 4 is 22.6 Å². The first-order valence-corrected chi connectivity index (χ1v) is 8.77. The van der Waals surface area contributed by atoms with Crippen LogP contribution in [0.4, 0.5) is 10.1 Å². The van der Waals surface area contributed by atoms with Gasteiger partial charge in [0.15, 0.2) is 0 Å².